The number of hydrogen-bond acceptors (Lipinski definition) is 4. The molecule has 1 aromatic carbocycles. The normalized spacial score (nSPS) is 21.2. The molecule has 0 bridgehead atoms. The molecule has 5 heteroatoms. The van der Waals surface area contributed by atoms with Crippen molar-refractivity contribution in [3.63, 3.8) is 0 Å². The fourth-order valence-electron chi connectivity index (χ4n) is 3.20. The maximum atomic E-state index is 12.7. The highest BCUT2D eigenvalue weighted by Crippen LogP contribution is 2.37. The number of ketones is 1. The lowest BCUT2D eigenvalue weighted by Crippen LogP contribution is -2.51. The summed E-state index contributed by atoms with van der Waals surface area (Å²) < 4.78 is 4.64. The van der Waals surface area contributed by atoms with Crippen molar-refractivity contribution in [2.75, 3.05) is 13.7 Å². The Morgan fingerprint density at radius 1 is 1.30 bits per heavy atom. The lowest BCUT2D eigenvalue weighted by Gasteiger charge is -2.38. The van der Waals surface area contributed by atoms with Crippen LogP contribution in [0.3, 0.4) is 0 Å². The molecule has 0 aromatic heterocycles. The highest BCUT2D eigenvalue weighted by molar-refractivity contribution is 6.31. The van der Waals surface area contributed by atoms with Crippen LogP contribution in [0.4, 0.5) is 0 Å². The molecule has 1 aliphatic carbocycles. The Morgan fingerprint density at radius 3 is 2.78 bits per heavy atom. The largest absolute Gasteiger partial charge is 0.469 e. The molecule has 0 aliphatic heterocycles. The fourth-order valence-corrected chi connectivity index (χ4v) is 3.50. The van der Waals surface area contributed by atoms with E-state index >= 15 is 0 Å². The van der Waals surface area contributed by atoms with Crippen molar-refractivity contribution in [3.05, 3.63) is 34.9 Å². The molecule has 1 aromatic rings. The summed E-state index contributed by atoms with van der Waals surface area (Å²) in [6.07, 6.45) is 5.26. The summed E-state index contributed by atoms with van der Waals surface area (Å²) in [4.78, 5) is 23.8. The predicted octanol–water partition coefficient (Wildman–Crippen LogP) is 3.61. The highest BCUT2D eigenvalue weighted by Gasteiger charge is 2.41. The van der Waals surface area contributed by atoms with E-state index in [0.29, 0.717) is 24.4 Å². The van der Waals surface area contributed by atoms with Gasteiger partial charge in [-0.3, -0.25) is 9.59 Å². The summed E-state index contributed by atoms with van der Waals surface area (Å²) in [6.45, 7) is 0.675. The zero-order chi connectivity index (χ0) is 16.7. The van der Waals surface area contributed by atoms with Gasteiger partial charge in [-0.15, -0.1) is 0 Å². The second-order valence-corrected chi connectivity index (χ2v) is 6.38. The number of methoxy groups -OCH3 is 1. The highest BCUT2D eigenvalue weighted by atomic mass is 35.5. The van der Waals surface area contributed by atoms with Crippen molar-refractivity contribution in [3.8, 4) is 0 Å². The summed E-state index contributed by atoms with van der Waals surface area (Å²) >= 11 is 6.36. The van der Waals surface area contributed by atoms with Crippen molar-refractivity contribution in [2.45, 2.75) is 50.5 Å². The number of unbranched alkanes of at least 4 members (excludes halogenated alkanes) is 1. The Kier molecular flexibility index (Phi) is 6.60. The molecule has 126 valence electrons. The zero-order valence-corrected chi connectivity index (χ0v) is 14.3. The monoisotopic (exact) mass is 337 g/mol. The lowest BCUT2D eigenvalue weighted by atomic mass is 9.75. The van der Waals surface area contributed by atoms with Crippen LogP contribution in [0.2, 0.25) is 5.02 Å². The van der Waals surface area contributed by atoms with Crippen LogP contribution in [0.25, 0.3) is 0 Å². The second-order valence-electron chi connectivity index (χ2n) is 5.98. The van der Waals surface area contributed by atoms with E-state index in [1.807, 2.05) is 24.3 Å². The van der Waals surface area contributed by atoms with E-state index in [9.17, 15) is 9.59 Å². The quantitative estimate of drug-likeness (QED) is 0.610. The van der Waals surface area contributed by atoms with Gasteiger partial charge >= 0.3 is 5.97 Å². The number of hydrogen-bond donors (Lipinski definition) is 1. The Balaban J connectivity index is 2.05. The fraction of sp³-hybridized carbons (Fsp3) is 0.556. The van der Waals surface area contributed by atoms with Crippen molar-refractivity contribution >= 4 is 23.4 Å². The molecule has 2 rings (SSSR count). The molecule has 1 saturated carbocycles. The molecular weight excluding hydrogens is 314 g/mol. The standard InChI is InChI=1S/C18H24ClNO3/c1-23-17(22)11-5-7-13-20-18(12-6-4-10-16(18)21)14-8-2-3-9-15(14)19/h2-3,8-9,20H,4-7,10-13H2,1H3/t18-/m0/s1. The van der Waals surface area contributed by atoms with Gasteiger partial charge in [0.25, 0.3) is 0 Å². The number of Topliss-reactive ketones (excluding diaryl/α,β-unsaturated/α-hetero) is 1. The first-order valence-electron chi connectivity index (χ1n) is 8.20. The number of ether oxygens (including phenoxy) is 1. The van der Waals surface area contributed by atoms with Gasteiger partial charge in [-0.2, -0.15) is 0 Å². The van der Waals surface area contributed by atoms with E-state index in [0.717, 1.165) is 37.7 Å². The van der Waals surface area contributed by atoms with Crippen LogP contribution in [0.15, 0.2) is 24.3 Å². The molecule has 1 atom stereocenters. The molecule has 1 aliphatic rings. The third kappa shape index (κ3) is 4.33. The van der Waals surface area contributed by atoms with Gasteiger partial charge in [-0.1, -0.05) is 36.2 Å². The molecule has 1 fully saturated rings. The Labute approximate surface area is 142 Å². The average Bonchev–Trinajstić information content (AvgIpc) is 2.56. The van der Waals surface area contributed by atoms with Crippen molar-refractivity contribution in [1.29, 1.82) is 0 Å². The van der Waals surface area contributed by atoms with Crippen LogP contribution in [0, 0.1) is 0 Å². The molecule has 4 nitrogen and oxygen atoms in total. The van der Waals surface area contributed by atoms with E-state index in [1.165, 1.54) is 7.11 Å². The van der Waals surface area contributed by atoms with E-state index in [-0.39, 0.29) is 11.8 Å². The van der Waals surface area contributed by atoms with Crippen LogP contribution in [-0.2, 0) is 19.9 Å². The van der Waals surface area contributed by atoms with Gasteiger partial charge < -0.3 is 10.1 Å². The lowest BCUT2D eigenvalue weighted by molar-refractivity contribution is -0.140. The number of carbonyl (C=O) groups is 2. The van der Waals surface area contributed by atoms with Crippen LogP contribution in [-0.4, -0.2) is 25.4 Å². The molecule has 0 spiro atoms. The minimum Gasteiger partial charge on any atom is -0.469 e. The number of nitrogens with one attached hydrogen (secondary N) is 1. The summed E-state index contributed by atoms with van der Waals surface area (Å²) in [5.74, 6) is 0.0179. The Hall–Kier alpha value is -1.39. The first-order valence-corrected chi connectivity index (χ1v) is 8.58. The third-order valence-electron chi connectivity index (χ3n) is 4.48. The molecule has 0 radical (unpaired) electrons. The smallest absolute Gasteiger partial charge is 0.305 e. The molecule has 0 saturated heterocycles. The van der Waals surface area contributed by atoms with Gasteiger partial charge in [0.05, 0.1) is 7.11 Å². The molecule has 1 N–H and O–H groups in total. The van der Waals surface area contributed by atoms with Crippen LogP contribution >= 0.6 is 11.6 Å². The van der Waals surface area contributed by atoms with Gasteiger partial charge in [0, 0.05) is 17.9 Å². The van der Waals surface area contributed by atoms with Crippen LogP contribution < -0.4 is 5.32 Å². The minimum absolute atomic E-state index is 0.195. The van der Waals surface area contributed by atoms with Crippen LogP contribution in [0.1, 0.15) is 50.5 Å². The summed E-state index contributed by atoms with van der Waals surface area (Å²) in [7, 11) is 1.40. The van der Waals surface area contributed by atoms with Gasteiger partial charge in [-0.25, -0.2) is 0 Å². The van der Waals surface area contributed by atoms with Gasteiger partial charge in [0.15, 0.2) is 5.78 Å². The summed E-state index contributed by atoms with van der Waals surface area (Å²) in [5, 5.41) is 4.08. The number of carbonyl (C=O) groups excluding carboxylic acids is 2. The number of halogens is 1. The maximum Gasteiger partial charge on any atom is 0.305 e. The SMILES string of the molecule is COC(=O)CCCCN[C@]1(c2ccccc2Cl)CCCCC1=O. The zero-order valence-electron chi connectivity index (χ0n) is 13.6. The maximum absolute atomic E-state index is 12.7. The topological polar surface area (TPSA) is 55.4 Å². The molecule has 23 heavy (non-hydrogen) atoms. The van der Waals surface area contributed by atoms with Crippen molar-refractivity contribution in [2.24, 2.45) is 0 Å². The van der Waals surface area contributed by atoms with E-state index in [2.05, 4.69) is 10.1 Å². The van der Waals surface area contributed by atoms with E-state index in [1.54, 1.807) is 0 Å². The number of benzene rings is 1. The van der Waals surface area contributed by atoms with Gasteiger partial charge in [0.1, 0.15) is 5.54 Å². The van der Waals surface area contributed by atoms with Crippen LogP contribution in [0.5, 0.6) is 0 Å². The van der Waals surface area contributed by atoms with Gasteiger partial charge in [-0.05, 0) is 43.9 Å². The molecular formula is C18H24ClNO3. The Bertz CT molecular complexity index is 561. The first-order chi connectivity index (χ1) is 11.1. The summed E-state index contributed by atoms with van der Waals surface area (Å²) in [5.41, 5.74) is 0.196. The minimum atomic E-state index is -0.679. The number of esters is 1. The summed E-state index contributed by atoms with van der Waals surface area (Å²) in [6, 6.07) is 7.57. The van der Waals surface area contributed by atoms with Crippen molar-refractivity contribution in [1.82, 2.24) is 5.32 Å². The average molecular weight is 338 g/mol. The predicted molar refractivity (Wildman–Crippen MR) is 90.5 cm³/mol. The molecule has 0 heterocycles. The first kappa shape index (κ1) is 18.0. The van der Waals surface area contributed by atoms with E-state index in [4.69, 9.17) is 11.6 Å². The second kappa shape index (κ2) is 8.46. The molecule has 0 unspecified atom stereocenters. The van der Waals surface area contributed by atoms with Gasteiger partial charge in [0.2, 0.25) is 0 Å². The van der Waals surface area contributed by atoms with E-state index < -0.39 is 5.54 Å². The number of rotatable bonds is 7. The third-order valence-corrected chi connectivity index (χ3v) is 4.81. The Morgan fingerprint density at radius 2 is 2.09 bits per heavy atom. The molecule has 0 amide bonds. The van der Waals surface area contributed by atoms with Crippen molar-refractivity contribution < 1.29 is 14.3 Å².